The molecule has 1 saturated heterocycles. The molecule has 0 aromatic carbocycles. The van der Waals surface area contributed by atoms with Crippen LogP contribution in [-0.4, -0.2) is 65.8 Å². The summed E-state index contributed by atoms with van der Waals surface area (Å²) >= 11 is 3.79. The number of rotatable bonds is 6. The number of carbonyl (C=O) groups excluding carboxylic acids is 2. The molecule has 2 aromatic heterocycles. The molecule has 2 aliphatic rings. The maximum absolute atomic E-state index is 12.7. The molecule has 0 aliphatic carbocycles. The Labute approximate surface area is 216 Å². The molecule has 2 aromatic rings. The van der Waals surface area contributed by atoms with Crippen LogP contribution in [0.2, 0.25) is 0 Å². The smallest absolute Gasteiger partial charge is 1.00 e. The van der Waals surface area contributed by atoms with Crippen molar-refractivity contribution in [1.29, 1.82) is 0 Å². The first kappa shape index (κ1) is 24.4. The normalized spacial score (nSPS) is 20.6. The number of thioether (sulfide) groups is 1. The first-order valence-corrected chi connectivity index (χ1v) is 11.4. The van der Waals surface area contributed by atoms with Crippen LogP contribution in [0.25, 0.3) is 6.08 Å². The molecule has 32 heavy (non-hydrogen) atoms. The molecule has 11 nitrogen and oxygen atoms in total. The number of nitrogens with two attached hydrogens (primary N) is 1. The van der Waals surface area contributed by atoms with E-state index in [1.807, 2.05) is 0 Å². The predicted octanol–water partition coefficient (Wildman–Crippen LogP) is -2.07. The fourth-order valence-electron chi connectivity index (χ4n) is 3.08. The molecule has 0 bridgehead atoms. The van der Waals surface area contributed by atoms with E-state index in [1.165, 1.54) is 28.5 Å². The average molecular weight is 503 g/mol. The van der Waals surface area contributed by atoms with E-state index in [4.69, 9.17) is 5.73 Å². The van der Waals surface area contributed by atoms with Gasteiger partial charge in [-0.2, -0.15) is 0 Å². The summed E-state index contributed by atoms with van der Waals surface area (Å²) in [5, 5.41) is 25.4. The van der Waals surface area contributed by atoms with Crippen molar-refractivity contribution in [3.8, 4) is 0 Å². The number of allylic oxidation sites excluding steroid dienone is 1. The SMILES string of the molecule is Nc1nc(/C(=N\O)C(=O)NC2C(=O)N3C(C(=O)O)=C(/C=C/c4cncs4)CS[C@H]23)cs1.[H-].[Na+]. The number of aromatic nitrogens is 2. The van der Waals surface area contributed by atoms with Crippen LogP contribution >= 0.6 is 34.4 Å². The van der Waals surface area contributed by atoms with Gasteiger partial charge in [0.1, 0.15) is 22.8 Å². The zero-order valence-electron chi connectivity index (χ0n) is 17.5. The summed E-state index contributed by atoms with van der Waals surface area (Å²) in [6.45, 7) is 0. The molecule has 162 valence electrons. The molecule has 2 amide bonds. The predicted molar refractivity (Wildman–Crippen MR) is 117 cm³/mol. The van der Waals surface area contributed by atoms with Gasteiger partial charge in [-0.25, -0.2) is 9.78 Å². The fourth-order valence-corrected chi connectivity index (χ4v) is 5.46. The van der Waals surface area contributed by atoms with Crippen molar-refractivity contribution in [2.45, 2.75) is 11.4 Å². The van der Waals surface area contributed by atoms with Crippen molar-refractivity contribution in [3.05, 3.63) is 45.0 Å². The van der Waals surface area contributed by atoms with Crippen molar-refractivity contribution in [1.82, 2.24) is 20.2 Å². The number of fused-ring (bicyclic) bond motifs is 1. The average Bonchev–Trinajstić information content (AvgIpc) is 3.42. The van der Waals surface area contributed by atoms with Crippen molar-refractivity contribution in [2.24, 2.45) is 5.16 Å². The molecule has 0 radical (unpaired) electrons. The summed E-state index contributed by atoms with van der Waals surface area (Å²) < 4.78 is 0. The van der Waals surface area contributed by atoms with Crippen LogP contribution in [-0.2, 0) is 14.4 Å². The summed E-state index contributed by atoms with van der Waals surface area (Å²) in [7, 11) is 0. The van der Waals surface area contributed by atoms with Crippen molar-refractivity contribution >= 4 is 69.1 Å². The number of β-lactam (4-membered cyclic amide) rings is 1. The van der Waals surface area contributed by atoms with Crippen LogP contribution in [0, 0.1) is 0 Å². The van der Waals surface area contributed by atoms with E-state index in [1.54, 1.807) is 23.9 Å². The van der Waals surface area contributed by atoms with E-state index < -0.39 is 29.2 Å². The number of anilines is 1. The quantitative estimate of drug-likeness (QED) is 0.114. The van der Waals surface area contributed by atoms with Gasteiger partial charge in [0.25, 0.3) is 11.8 Å². The zero-order valence-corrected chi connectivity index (χ0v) is 20.9. The first-order chi connectivity index (χ1) is 14.9. The summed E-state index contributed by atoms with van der Waals surface area (Å²) in [6, 6.07) is -0.966. The Balaban J connectivity index is 0.00000193. The second-order valence-corrected chi connectivity index (χ2v) is 9.21. The number of carboxylic acids is 1. The van der Waals surface area contributed by atoms with Gasteiger partial charge in [-0.05, 0) is 11.6 Å². The molecule has 15 heteroatoms. The largest absolute Gasteiger partial charge is 1.00 e. The van der Waals surface area contributed by atoms with E-state index in [0.717, 1.165) is 21.1 Å². The number of carbonyl (C=O) groups is 3. The molecular formula is C17H15N6NaO5S3. The van der Waals surface area contributed by atoms with Crippen LogP contribution in [0.4, 0.5) is 5.13 Å². The number of oxime groups is 1. The minimum absolute atomic E-state index is 0. The molecule has 2 atom stereocenters. The van der Waals surface area contributed by atoms with Gasteiger partial charge in [-0.3, -0.25) is 19.5 Å². The van der Waals surface area contributed by atoms with E-state index in [0.29, 0.717) is 11.3 Å². The Bertz CT molecular complexity index is 1150. The van der Waals surface area contributed by atoms with Crippen LogP contribution < -0.4 is 40.6 Å². The van der Waals surface area contributed by atoms with Crippen molar-refractivity contribution in [3.63, 3.8) is 0 Å². The van der Waals surface area contributed by atoms with E-state index in [-0.39, 0.29) is 53.2 Å². The summed E-state index contributed by atoms with van der Waals surface area (Å²) in [4.78, 5) is 47.0. The number of aliphatic carboxylic acids is 1. The van der Waals surface area contributed by atoms with E-state index in [2.05, 4.69) is 20.4 Å². The summed E-state index contributed by atoms with van der Waals surface area (Å²) in [6.07, 6.45) is 5.05. The van der Waals surface area contributed by atoms with E-state index >= 15 is 0 Å². The maximum atomic E-state index is 12.7. The molecule has 2 aliphatic heterocycles. The molecule has 1 fully saturated rings. The standard InChI is InChI=1S/C17H14N6O5S3.Na.H/c18-17-20-9(5-30-17)10(22-28)13(24)21-11-14(25)23-12(16(26)27)7(4-29-15(11)23)1-2-8-3-19-6-31-8;;/h1-3,5-6,11,15,28H,4H2,(H2,18,20)(H,21,24)(H,26,27);;/q;+1;-1/b2-1+,22-10+;;/t11?,15-;;/m1../s1. The Hall–Kier alpha value is -2.23. The third-order valence-corrected chi connectivity index (χ3v) is 7.18. The number of thiazole rings is 2. The summed E-state index contributed by atoms with van der Waals surface area (Å²) in [5.74, 6) is -2.28. The number of amides is 2. The van der Waals surface area contributed by atoms with Gasteiger partial charge < -0.3 is 22.8 Å². The number of hydrogen-bond acceptors (Lipinski definition) is 11. The van der Waals surface area contributed by atoms with Gasteiger partial charge in [-0.1, -0.05) is 11.2 Å². The molecule has 0 spiro atoms. The second kappa shape index (κ2) is 10.1. The zero-order chi connectivity index (χ0) is 22.1. The van der Waals surface area contributed by atoms with Crippen molar-refractivity contribution in [2.75, 3.05) is 11.5 Å². The van der Waals surface area contributed by atoms with Crippen LogP contribution in [0.5, 0.6) is 0 Å². The number of carboxylic acid groups (broad SMARTS) is 1. The molecule has 5 N–H and O–H groups in total. The first-order valence-electron chi connectivity index (χ1n) is 8.62. The van der Waals surface area contributed by atoms with Gasteiger partial charge in [0.05, 0.1) is 5.51 Å². The minimum atomic E-state index is -1.23. The van der Waals surface area contributed by atoms with Gasteiger partial charge in [0, 0.05) is 22.2 Å². The molecule has 4 rings (SSSR count). The Morgan fingerprint density at radius 2 is 2.16 bits per heavy atom. The van der Waals surface area contributed by atoms with E-state index in [9.17, 15) is 24.7 Å². The monoisotopic (exact) mass is 502 g/mol. The second-order valence-electron chi connectivity index (χ2n) is 6.30. The molecule has 0 saturated carbocycles. The van der Waals surface area contributed by atoms with Gasteiger partial charge in [0.2, 0.25) is 0 Å². The Kier molecular flexibility index (Phi) is 7.74. The Morgan fingerprint density at radius 3 is 2.75 bits per heavy atom. The number of nitrogens with zero attached hydrogens (tertiary/aromatic N) is 4. The third kappa shape index (κ3) is 4.60. The topological polar surface area (TPSA) is 171 Å². The minimum Gasteiger partial charge on any atom is -1.00 e. The Morgan fingerprint density at radius 1 is 1.38 bits per heavy atom. The molecule has 4 heterocycles. The number of hydrogen-bond donors (Lipinski definition) is 4. The van der Waals surface area contributed by atoms with Gasteiger partial charge in [-0.15, -0.1) is 34.4 Å². The maximum Gasteiger partial charge on any atom is 1.00 e. The van der Waals surface area contributed by atoms with Crippen LogP contribution in [0.15, 0.2) is 39.6 Å². The van der Waals surface area contributed by atoms with Gasteiger partial charge >= 0.3 is 35.5 Å². The number of nitrogen functional groups attached to an aromatic ring is 1. The van der Waals surface area contributed by atoms with Crippen LogP contribution in [0.1, 0.15) is 12.0 Å². The van der Waals surface area contributed by atoms with Gasteiger partial charge in [0.15, 0.2) is 10.8 Å². The third-order valence-electron chi connectivity index (χ3n) is 4.47. The van der Waals surface area contributed by atoms with Crippen molar-refractivity contribution < 1.29 is 55.7 Å². The van der Waals surface area contributed by atoms with Crippen LogP contribution in [0.3, 0.4) is 0 Å². The fraction of sp³-hybridized carbons (Fsp3) is 0.176. The molecular weight excluding hydrogens is 487 g/mol. The summed E-state index contributed by atoms with van der Waals surface area (Å²) in [5.41, 5.74) is 7.24. The number of nitrogens with one attached hydrogen (secondary N) is 1. The molecule has 1 unspecified atom stereocenters.